The van der Waals surface area contributed by atoms with E-state index in [1.807, 2.05) is 13.8 Å². The number of carboxylic acids is 1. The van der Waals surface area contributed by atoms with Crippen LogP contribution in [-0.4, -0.2) is 74.6 Å². The first kappa shape index (κ1) is 27.0. The number of rotatable bonds is 13. The van der Waals surface area contributed by atoms with E-state index in [9.17, 15) is 29.4 Å². The summed E-state index contributed by atoms with van der Waals surface area (Å²) in [4.78, 5) is 55.8. The number of carbonyl (C=O) groups is 4. The molecule has 0 aliphatic rings. The average Bonchev–Trinajstić information content (AvgIpc) is 3.22. The molecule has 180 valence electrons. The fraction of sp³-hybridized carbons (Fsp3) is 0.650. The minimum Gasteiger partial charge on any atom is -0.480 e. The third kappa shape index (κ3) is 8.63. The van der Waals surface area contributed by atoms with Gasteiger partial charge in [-0.2, -0.15) is 0 Å². The molecule has 32 heavy (non-hydrogen) atoms. The van der Waals surface area contributed by atoms with E-state index in [2.05, 4.69) is 25.9 Å². The molecule has 1 heterocycles. The Hall–Kier alpha value is -2.99. The van der Waals surface area contributed by atoms with Gasteiger partial charge in [-0.15, -0.1) is 0 Å². The van der Waals surface area contributed by atoms with Crippen LogP contribution in [0.25, 0.3) is 0 Å². The van der Waals surface area contributed by atoms with Crippen molar-refractivity contribution >= 4 is 23.7 Å². The smallest absolute Gasteiger partial charge is 0.326 e. The Bertz CT molecular complexity index is 767. The summed E-state index contributed by atoms with van der Waals surface area (Å²) in [5, 5.41) is 26.3. The molecular formula is C20H34N6O6. The van der Waals surface area contributed by atoms with E-state index < -0.39 is 54.5 Å². The van der Waals surface area contributed by atoms with E-state index in [1.165, 1.54) is 12.5 Å². The van der Waals surface area contributed by atoms with E-state index >= 15 is 0 Å². The highest BCUT2D eigenvalue weighted by Gasteiger charge is 2.31. The van der Waals surface area contributed by atoms with Crippen molar-refractivity contribution in [1.82, 2.24) is 25.9 Å². The Balaban J connectivity index is 2.88. The molecule has 0 aliphatic heterocycles. The van der Waals surface area contributed by atoms with Gasteiger partial charge >= 0.3 is 5.97 Å². The summed E-state index contributed by atoms with van der Waals surface area (Å²) in [6, 6.07) is -4.50. The van der Waals surface area contributed by atoms with Crippen molar-refractivity contribution in [2.24, 2.45) is 17.6 Å². The lowest BCUT2D eigenvalue weighted by molar-refractivity contribution is -0.142. The van der Waals surface area contributed by atoms with Crippen LogP contribution in [0.5, 0.6) is 0 Å². The van der Waals surface area contributed by atoms with Crippen molar-refractivity contribution in [2.45, 2.75) is 64.7 Å². The summed E-state index contributed by atoms with van der Waals surface area (Å²) < 4.78 is 0. The SMILES string of the molecule is CC(C)CC(NC(=O)C(CO)NC(=O)C(N)C(C)C)C(=O)NC(Cc1cnc[nH]1)C(=O)O. The van der Waals surface area contributed by atoms with Gasteiger partial charge in [-0.05, 0) is 18.3 Å². The van der Waals surface area contributed by atoms with Crippen LogP contribution in [0.4, 0.5) is 0 Å². The van der Waals surface area contributed by atoms with Gasteiger partial charge in [-0.25, -0.2) is 9.78 Å². The van der Waals surface area contributed by atoms with Crippen LogP contribution in [-0.2, 0) is 25.6 Å². The standard InChI is InChI=1S/C20H34N6O6/c1-10(2)5-13(17(28)25-14(20(31)32)6-12-7-22-9-23-12)24-18(29)15(8-27)26-19(30)16(21)11(3)4/h7,9-11,13-16,27H,5-6,8,21H2,1-4H3,(H,22,23)(H,24,29)(H,25,28)(H,26,30)(H,31,32). The molecule has 8 N–H and O–H groups in total. The van der Waals surface area contributed by atoms with E-state index in [1.54, 1.807) is 13.8 Å². The van der Waals surface area contributed by atoms with Crippen molar-refractivity contribution < 1.29 is 29.4 Å². The molecule has 0 saturated carbocycles. The Morgan fingerprint density at radius 1 is 1.00 bits per heavy atom. The largest absolute Gasteiger partial charge is 0.480 e. The first-order valence-corrected chi connectivity index (χ1v) is 10.4. The van der Waals surface area contributed by atoms with E-state index in [0.29, 0.717) is 5.69 Å². The van der Waals surface area contributed by atoms with Crippen LogP contribution in [0.15, 0.2) is 12.5 Å². The first-order valence-electron chi connectivity index (χ1n) is 10.4. The molecule has 0 aliphatic carbocycles. The van der Waals surface area contributed by atoms with Crippen LogP contribution < -0.4 is 21.7 Å². The lowest BCUT2D eigenvalue weighted by Gasteiger charge is -2.25. The number of carbonyl (C=O) groups excluding carboxylic acids is 3. The quantitative estimate of drug-likeness (QED) is 0.187. The van der Waals surface area contributed by atoms with Gasteiger partial charge in [0.05, 0.1) is 19.0 Å². The van der Waals surface area contributed by atoms with E-state index in [-0.39, 0.29) is 24.7 Å². The number of hydrogen-bond donors (Lipinski definition) is 7. The maximum absolute atomic E-state index is 12.8. The van der Waals surface area contributed by atoms with E-state index in [0.717, 1.165) is 0 Å². The van der Waals surface area contributed by atoms with Gasteiger partial charge in [0.15, 0.2) is 0 Å². The maximum Gasteiger partial charge on any atom is 0.326 e. The van der Waals surface area contributed by atoms with Crippen LogP contribution in [0.3, 0.4) is 0 Å². The Morgan fingerprint density at radius 2 is 1.56 bits per heavy atom. The zero-order chi connectivity index (χ0) is 24.4. The predicted molar refractivity (Wildman–Crippen MR) is 115 cm³/mol. The summed E-state index contributed by atoms with van der Waals surface area (Å²) in [6.07, 6.45) is 3.04. The second-order valence-corrected chi connectivity index (χ2v) is 8.38. The molecule has 0 spiro atoms. The molecule has 0 bridgehead atoms. The Morgan fingerprint density at radius 3 is 2.03 bits per heavy atom. The second kappa shape index (κ2) is 12.8. The number of aliphatic carboxylic acids is 1. The summed E-state index contributed by atoms with van der Waals surface area (Å²) >= 11 is 0. The molecule has 0 aromatic carbocycles. The van der Waals surface area contributed by atoms with Crippen LogP contribution in [0, 0.1) is 11.8 Å². The third-order valence-electron chi connectivity index (χ3n) is 4.77. The Kier molecular flexibility index (Phi) is 10.8. The van der Waals surface area contributed by atoms with Crippen molar-refractivity contribution in [3.63, 3.8) is 0 Å². The van der Waals surface area contributed by atoms with Crippen LogP contribution >= 0.6 is 0 Å². The second-order valence-electron chi connectivity index (χ2n) is 8.38. The lowest BCUT2D eigenvalue weighted by Crippen LogP contribution is -2.58. The highest BCUT2D eigenvalue weighted by Crippen LogP contribution is 2.08. The normalized spacial score (nSPS) is 15.0. The molecule has 3 amide bonds. The van der Waals surface area contributed by atoms with Crippen molar-refractivity contribution in [3.8, 4) is 0 Å². The van der Waals surface area contributed by atoms with E-state index in [4.69, 9.17) is 5.73 Å². The molecule has 1 aromatic rings. The van der Waals surface area contributed by atoms with Gasteiger partial charge in [-0.1, -0.05) is 27.7 Å². The van der Waals surface area contributed by atoms with Gasteiger partial charge in [0, 0.05) is 18.3 Å². The summed E-state index contributed by atoms with van der Waals surface area (Å²) in [5.41, 5.74) is 6.29. The van der Waals surface area contributed by atoms with Gasteiger partial charge in [0.25, 0.3) is 0 Å². The van der Waals surface area contributed by atoms with Crippen LogP contribution in [0.2, 0.25) is 0 Å². The van der Waals surface area contributed by atoms with Gasteiger partial charge in [-0.3, -0.25) is 14.4 Å². The van der Waals surface area contributed by atoms with Gasteiger partial charge in [0.2, 0.25) is 17.7 Å². The number of amides is 3. The lowest BCUT2D eigenvalue weighted by atomic mass is 10.0. The predicted octanol–water partition coefficient (Wildman–Crippen LogP) is -1.49. The number of aliphatic hydroxyl groups excluding tert-OH is 1. The molecule has 4 unspecified atom stereocenters. The number of aromatic nitrogens is 2. The minimum absolute atomic E-state index is 0.0153. The zero-order valence-corrected chi connectivity index (χ0v) is 18.8. The molecule has 12 nitrogen and oxygen atoms in total. The fourth-order valence-electron chi connectivity index (χ4n) is 2.83. The number of imidazole rings is 1. The molecule has 4 atom stereocenters. The number of aromatic amines is 1. The molecule has 0 saturated heterocycles. The molecule has 0 radical (unpaired) electrons. The van der Waals surface area contributed by atoms with Crippen molar-refractivity contribution in [2.75, 3.05) is 6.61 Å². The highest BCUT2D eigenvalue weighted by molar-refractivity contribution is 5.94. The highest BCUT2D eigenvalue weighted by atomic mass is 16.4. The minimum atomic E-state index is -1.31. The topological polar surface area (TPSA) is 200 Å². The number of nitrogens with two attached hydrogens (primary N) is 1. The van der Waals surface area contributed by atoms with Crippen LogP contribution in [0.1, 0.15) is 39.8 Å². The number of H-pyrrole nitrogens is 1. The van der Waals surface area contributed by atoms with Gasteiger partial charge in [0.1, 0.15) is 18.1 Å². The maximum atomic E-state index is 12.8. The zero-order valence-electron chi connectivity index (χ0n) is 18.8. The first-order chi connectivity index (χ1) is 15.0. The number of aliphatic hydroxyl groups is 1. The number of carboxylic acid groups (broad SMARTS) is 1. The molecule has 0 fully saturated rings. The summed E-state index contributed by atoms with van der Waals surface area (Å²) in [5.74, 6) is -3.52. The van der Waals surface area contributed by atoms with Gasteiger partial charge < -0.3 is 36.9 Å². The molecule has 12 heteroatoms. The third-order valence-corrected chi connectivity index (χ3v) is 4.77. The summed E-state index contributed by atoms with van der Waals surface area (Å²) in [7, 11) is 0. The summed E-state index contributed by atoms with van der Waals surface area (Å²) in [6.45, 7) is 6.44. The fourth-order valence-corrected chi connectivity index (χ4v) is 2.83. The average molecular weight is 455 g/mol. The van der Waals surface area contributed by atoms with Crippen molar-refractivity contribution in [1.29, 1.82) is 0 Å². The molecule has 1 rings (SSSR count). The molecule has 1 aromatic heterocycles. The molecular weight excluding hydrogens is 420 g/mol. The Labute approximate surface area is 186 Å². The van der Waals surface area contributed by atoms with Crippen molar-refractivity contribution in [3.05, 3.63) is 18.2 Å². The monoisotopic (exact) mass is 454 g/mol. The number of nitrogens with one attached hydrogen (secondary N) is 4. The number of nitrogens with zero attached hydrogens (tertiary/aromatic N) is 1. The number of hydrogen-bond acceptors (Lipinski definition) is 7.